The summed E-state index contributed by atoms with van der Waals surface area (Å²) in [6.45, 7) is 7.91. The van der Waals surface area contributed by atoms with Gasteiger partial charge in [0.1, 0.15) is 29.7 Å². The molecule has 1 aliphatic carbocycles. The van der Waals surface area contributed by atoms with Crippen molar-refractivity contribution in [2.45, 2.75) is 75.7 Å². The molecular formula is C42H54N3O6+. The van der Waals surface area contributed by atoms with E-state index in [9.17, 15) is 20.1 Å². The monoisotopic (exact) mass is 696 g/mol. The molecule has 4 aliphatic rings. The molecule has 3 aliphatic heterocycles. The fourth-order valence-electron chi connectivity index (χ4n) is 9.03. The van der Waals surface area contributed by atoms with Crippen molar-refractivity contribution in [3.8, 4) is 11.5 Å². The molecule has 0 radical (unpaired) electrons. The van der Waals surface area contributed by atoms with Crippen molar-refractivity contribution in [2.75, 3.05) is 45.9 Å². The highest BCUT2D eigenvalue weighted by atomic mass is 16.5. The fraction of sp³-hybridized carbons (Fsp3) is 0.500. The first-order valence-corrected chi connectivity index (χ1v) is 19.0. The smallest absolute Gasteiger partial charge is 0.248 e. The topological polar surface area (TPSA) is 124 Å². The molecule has 0 amide bonds. The number of aromatic hydroxyl groups is 1. The number of pyridine rings is 1. The van der Waals surface area contributed by atoms with Crippen LogP contribution in [-0.4, -0.2) is 76.8 Å². The molecule has 4 fully saturated rings. The third-order valence-corrected chi connectivity index (χ3v) is 12.2. The second-order valence-corrected chi connectivity index (χ2v) is 15.4. The maximum absolute atomic E-state index is 12.0. The Bertz CT molecular complexity index is 1800. The van der Waals surface area contributed by atoms with Crippen LogP contribution >= 0.6 is 0 Å². The van der Waals surface area contributed by atoms with Crippen molar-refractivity contribution in [3.63, 3.8) is 0 Å². The molecule has 5 N–H and O–H groups in total. The number of phenols is 1. The van der Waals surface area contributed by atoms with Crippen LogP contribution in [0.2, 0.25) is 0 Å². The van der Waals surface area contributed by atoms with Gasteiger partial charge in [-0.3, -0.25) is 4.79 Å². The van der Waals surface area contributed by atoms with Crippen molar-refractivity contribution in [2.24, 2.45) is 11.8 Å². The van der Waals surface area contributed by atoms with Crippen molar-refractivity contribution >= 4 is 10.9 Å². The van der Waals surface area contributed by atoms with Gasteiger partial charge in [0, 0.05) is 49.2 Å². The lowest BCUT2D eigenvalue weighted by molar-refractivity contribution is -0.946. The Kier molecular flexibility index (Phi) is 10.8. The molecule has 4 aromatic rings. The molecule has 9 nitrogen and oxygen atoms in total. The molecule has 9 heteroatoms. The van der Waals surface area contributed by atoms with Gasteiger partial charge in [0.25, 0.3) is 0 Å². The Morgan fingerprint density at radius 2 is 1.71 bits per heavy atom. The number of quaternary nitrogens is 1. The lowest BCUT2D eigenvalue weighted by Crippen LogP contribution is -2.65. The Morgan fingerprint density at radius 3 is 2.45 bits per heavy atom. The summed E-state index contributed by atoms with van der Waals surface area (Å²) in [6.07, 6.45) is 7.24. The van der Waals surface area contributed by atoms with E-state index in [4.69, 9.17) is 9.47 Å². The summed E-state index contributed by atoms with van der Waals surface area (Å²) in [4.78, 5) is 14.4. The minimum atomic E-state index is -0.917. The van der Waals surface area contributed by atoms with Gasteiger partial charge in [-0.05, 0) is 66.6 Å². The van der Waals surface area contributed by atoms with Gasteiger partial charge in [-0.1, -0.05) is 61.4 Å². The SMILES string of the molecule is C[C@H](NC[C@H](O)c1ccc(O)c2[nH]c(=O)ccc12)c1ccc(OCCC[N+]23CCC(CC2)[C@@H](OC[C@@](O)(c2ccccc2)C2CCCC2)C3)cc1. The fourth-order valence-corrected chi connectivity index (χ4v) is 9.03. The summed E-state index contributed by atoms with van der Waals surface area (Å²) in [7, 11) is 0. The Morgan fingerprint density at radius 1 is 0.961 bits per heavy atom. The van der Waals surface area contributed by atoms with Gasteiger partial charge in [-0.2, -0.15) is 0 Å². The van der Waals surface area contributed by atoms with E-state index in [1.54, 1.807) is 12.1 Å². The highest BCUT2D eigenvalue weighted by Crippen LogP contribution is 2.43. The van der Waals surface area contributed by atoms with E-state index in [-0.39, 0.29) is 29.4 Å². The van der Waals surface area contributed by atoms with E-state index >= 15 is 0 Å². The average molecular weight is 697 g/mol. The van der Waals surface area contributed by atoms with Crippen LogP contribution in [0.25, 0.3) is 10.9 Å². The van der Waals surface area contributed by atoms with Crippen molar-refractivity contribution in [1.29, 1.82) is 0 Å². The first-order valence-electron chi connectivity index (χ1n) is 19.0. The number of rotatable bonds is 15. The lowest BCUT2D eigenvalue weighted by atomic mass is 9.80. The Balaban J connectivity index is 0.874. The third-order valence-electron chi connectivity index (χ3n) is 12.2. The van der Waals surface area contributed by atoms with E-state index in [1.165, 1.54) is 50.9 Å². The minimum Gasteiger partial charge on any atom is -0.506 e. The number of phenolic OH excluding ortho intramolecular Hbond substituents is 1. The number of nitrogens with zero attached hydrogens (tertiary/aromatic N) is 1. The van der Waals surface area contributed by atoms with E-state index in [1.807, 2.05) is 30.3 Å². The van der Waals surface area contributed by atoms with E-state index in [2.05, 4.69) is 41.5 Å². The van der Waals surface area contributed by atoms with Crippen LogP contribution in [0.4, 0.5) is 0 Å². The van der Waals surface area contributed by atoms with Crippen LogP contribution in [0.1, 0.15) is 80.7 Å². The predicted octanol–water partition coefficient (Wildman–Crippen LogP) is 6.09. The zero-order chi connectivity index (χ0) is 35.4. The number of hydrogen-bond donors (Lipinski definition) is 5. The van der Waals surface area contributed by atoms with Gasteiger partial charge in [0.15, 0.2) is 0 Å². The standard InChI is InChI=1S/C42H53N3O6/c1-29(43-26-38(47)35-16-18-37(46)41-36(35)17-19-40(48)44-41)30-12-14-34(15-13-30)50-25-7-22-45-23-20-31(21-24-45)39(27-45)51-28-42(49,33-10-5-6-11-33)32-8-3-2-4-9-32/h2-4,8-9,12-19,29,31,33,38-39,43,47,49H,5-7,10-11,20-28H2,1H3,(H-,44,46,48)/p+1/t29-,31?,38-,39-,42+,45?/m0/s1. The number of aliphatic hydroxyl groups excluding tert-OH is 1. The van der Waals surface area contributed by atoms with Gasteiger partial charge >= 0.3 is 0 Å². The maximum Gasteiger partial charge on any atom is 0.248 e. The number of piperidine rings is 3. The van der Waals surface area contributed by atoms with Crippen molar-refractivity contribution < 1.29 is 29.3 Å². The van der Waals surface area contributed by atoms with Crippen LogP contribution in [0.15, 0.2) is 83.7 Å². The van der Waals surface area contributed by atoms with E-state index < -0.39 is 11.7 Å². The summed E-state index contributed by atoms with van der Waals surface area (Å²) in [5, 5.41) is 37.2. The molecule has 3 aromatic carbocycles. The number of nitrogens with one attached hydrogen (secondary N) is 2. The van der Waals surface area contributed by atoms with Gasteiger partial charge < -0.3 is 39.6 Å². The summed E-state index contributed by atoms with van der Waals surface area (Å²) in [5.41, 5.74) is 1.83. The normalized spacial score (nSPS) is 24.4. The molecule has 2 bridgehead atoms. The number of aromatic amines is 1. The molecule has 4 heterocycles. The molecule has 3 saturated heterocycles. The zero-order valence-electron chi connectivity index (χ0n) is 29.8. The molecule has 0 unspecified atom stereocenters. The molecule has 1 saturated carbocycles. The maximum atomic E-state index is 12.0. The number of benzene rings is 3. The number of aliphatic hydroxyl groups is 2. The average Bonchev–Trinajstić information content (AvgIpc) is 3.72. The zero-order valence-corrected chi connectivity index (χ0v) is 29.8. The molecular weight excluding hydrogens is 642 g/mol. The summed E-state index contributed by atoms with van der Waals surface area (Å²) >= 11 is 0. The molecule has 8 rings (SSSR count). The van der Waals surface area contributed by atoms with Crippen molar-refractivity contribution in [3.05, 3.63) is 106 Å². The highest BCUT2D eigenvalue weighted by Gasteiger charge is 2.48. The number of hydrogen-bond acceptors (Lipinski definition) is 7. The first-order chi connectivity index (χ1) is 24.7. The van der Waals surface area contributed by atoms with Crippen LogP contribution in [0.5, 0.6) is 11.5 Å². The van der Waals surface area contributed by atoms with Crippen LogP contribution < -0.4 is 15.6 Å². The summed E-state index contributed by atoms with van der Waals surface area (Å²) in [5.74, 6) is 1.67. The number of H-pyrrole nitrogens is 1. The Hall–Kier alpha value is -3.73. The van der Waals surface area contributed by atoms with E-state index in [0.29, 0.717) is 42.1 Å². The minimum absolute atomic E-state index is 0.00766. The van der Waals surface area contributed by atoms with Crippen LogP contribution in [0.3, 0.4) is 0 Å². The number of fused-ring (bicyclic) bond motifs is 4. The number of aromatic nitrogens is 1. The third kappa shape index (κ3) is 7.88. The van der Waals surface area contributed by atoms with Gasteiger partial charge in [0.2, 0.25) is 5.56 Å². The quantitative estimate of drug-likeness (QED) is 0.0753. The first kappa shape index (κ1) is 35.7. The lowest BCUT2D eigenvalue weighted by Gasteiger charge is -2.53. The Labute approximate surface area is 300 Å². The second kappa shape index (κ2) is 15.5. The molecule has 0 spiro atoms. The predicted molar refractivity (Wildman–Crippen MR) is 199 cm³/mol. The number of ether oxygens (including phenoxy) is 2. The van der Waals surface area contributed by atoms with Crippen LogP contribution in [0, 0.1) is 11.8 Å². The largest absolute Gasteiger partial charge is 0.506 e. The molecule has 4 atom stereocenters. The summed E-state index contributed by atoms with van der Waals surface area (Å²) < 4.78 is 14.0. The van der Waals surface area contributed by atoms with Gasteiger partial charge in [-0.25, -0.2) is 0 Å². The summed E-state index contributed by atoms with van der Waals surface area (Å²) in [6, 6.07) is 24.5. The van der Waals surface area contributed by atoms with Gasteiger partial charge in [-0.15, -0.1) is 0 Å². The van der Waals surface area contributed by atoms with Gasteiger partial charge in [0.05, 0.1) is 44.5 Å². The molecule has 51 heavy (non-hydrogen) atoms. The van der Waals surface area contributed by atoms with Crippen LogP contribution in [-0.2, 0) is 10.3 Å². The molecule has 1 aromatic heterocycles. The highest BCUT2D eigenvalue weighted by molar-refractivity contribution is 5.87. The van der Waals surface area contributed by atoms with Crippen molar-refractivity contribution in [1.82, 2.24) is 10.3 Å². The van der Waals surface area contributed by atoms with E-state index in [0.717, 1.165) is 53.7 Å². The molecule has 272 valence electrons. The second-order valence-electron chi connectivity index (χ2n) is 15.4.